The van der Waals surface area contributed by atoms with Crippen molar-refractivity contribution < 1.29 is 38.0 Å². The van der Waals surface area contributed by atoms with Gasteiger partial charge in [-0.2, -0.15) is 5.10 Å². The molecule has 0 bridgehead atoms. The van der Waals surface area contributed by atoms with Gasteiger partial charge >= 0.3 is 5.97 Å². The van der Waals surface area contributed by atoms with E-state index in [1.165, 1.54) is 39.7 Å². The third-order valence-electron chi connectivity index (χ3n) is 4.96. The van der Waals surface area contributed by atoms with Crippen molar-refractivity contribution in [3.8, 4) is 34.5 Å². The van der Waals surface area contributed by atoms with E-state index in [0.29, 0.717) is 40.9 Å². The van der Waals surface area contributed by atoms with Crippen LogP contribution >= 0.6 is 15.9 Å². The summed E-state index contributed by atoms with van der Waals surface area (Å²) in [7, 11) is 4.39. The van der Waals surface area contributed by atoms with Crippen LogP contribution in [0.15, 0.2) is 64.2 Å². The van der Waals surface area contributed by atoms with Crippen LogP contribution in [0, 0.1) is 0 Å². The standard InChI is InChI=1S/C27H27BrN2O8/c1-5-36-22-12-17(15-29-30-25(31)16-37-20-9-7-19(28)8-10-20)6-11-21(22)38-27(32)18-13-23(33-2)26(35-4)24(14-18)34-3/h6-15H,5,16H2,1-4H3,(H,30,31)/b29-15+. The zero-order valence-corrected chi connectivity index (χ0v) is 22.9. The summed E-state index contributed by atoms with van der Waals surface area (Å²) in [6.45, 7) is 1.94. The normalized spacial score (nSPS) is 10.6. The van der Waals surface area contributed by atoms with E-state index in [0.717, 1.165) is 4.47 Å². The van der Waals surface area contributed by atoms with Gasteiger partial charge in [-0.05, 0) is 67.1 Å². The summed E-state index contributed by atoms with van der Waals surface area (Å²) in [5, 5.41) is 3.95. The summed E-state index contributed by atoms with van der Waals surface area (Å²) >= 11 is 3.34. The number of amides is 1. The Morgan fingerprint density at radius 2 is 1.55 bits per heavy atom. The average Bonchev–Trinajstić information content (AvgIpc) is 2.93. The van der Waals surface area contributed by atoms with Gasteiger partial charge in [0.15, 0.2) is 29.6 Å². The van der Waals surface area contributed by atoms with E-state index in [1.807, 2.05) is 12.1 Å². The van der Waals surface area contributed by atoms with Gasteiger partial charge < -0.3 is 28.4 Å². The number of ether oxygens (including phenoxy) is 6. The second-order valence-electron chi connectivity index (χ2n) is 7.48. The van der Waals surface area contributed by atoms with Gasteiger partial charge in [-0.3, -0.25) is 4.79 Å². The van der Waals surface area contributed by atoms with Crippen LogP contribution in [-0.2, 0) is 4.79 Å². The highest BCUT2D eigenvalue weighted by Gasteiger charge is 2.20. The predicted octanol–water partition coefficient (Wildman–Crippen LogP) is 4.62. The van der Waals surface area contributed by atoms with Gasteiger partial charge in [0.05, 0.1) is 39.7 Å². The van der Waals surface area contributed by atoms with Crippen LogP contribution in [-0.4, -0.2) is 52.6 Å². The van der Waals surface area contributed by atoms with E-state index in [2.05, 4.69) is 26.5 Å². The molecule has 10 nitrogen and oxygen atoms in total. The Kier molecular flexibility index (Phi) is 10.4. The lowest BCUT2D eigenvalue weighted by Gasteiger charge is -2.15. The zero-order valence-electron chi connectivity index (χ0n) is 21.3. The molecule has 0 aliphatic heterocycles. The summed E-state index contributed by atoms with van der Waals surface area (Å²) < 4.78 is 33.4. The molecule has 0 unspecified atom stereocenters. The Bertz CT molecular complexity index is 1270. The van der Waals surface area contributed by atoms with Crippen LogP contribution in [0.3, 0.4) is 0 Å². The van der Waals surface area contributed by atoms with E-state index in [4.69, 9.17) is 28.4 Å². The van der Waals surface area contributed by atoms with Crippen LogP contribution in [0.4, 0.5) is 0 Å². The number of methoxy groups -OCH3 is 3. The van der Waals surface area contributed by atoms with Crippen molar-refractivity contribution in [1.29, 1.82) is 0 Å². The van der Waals surface area contributed by atoms with Gasteiger partial charge in [0, 0.05) is 4.47 Å². The quantitative estimate of drug-likeness (QED) is 0.141. The number of hydrazone groups is 1. The molecule has 0 spiro atoms. The molecule has 0 saturated heterocycles. The van der Waals surface area contributed by atoms with E-state index < -0.39 is 11.9 Å². The highest BCUT2D eigenvalue weighted by atomic mass is 79.9. The lowest BCUT2D eigenvalue weighted by Crippen LogP contribution is -2.24. The van der Waals surface area contributed by atoms with Crippen molar-refractivity contribution in [3.05, 3.63) is 70.2 Å². The minimum absolute atomic E-state index is 0.195. The summed E-state index contributed by atoms with van der Waals surface area (Å²) in [6.07, 6.45) is 1.44. The molecule has 0 aromatic heterocycles. The molecule has 0 heterocycles. The number of hydrogen-bond donors (Lipinski definition) is 1. The maximum atomic E-state index is 12.9. The number of carbonyl (C=O) groups excluding carboxylic acids is 2. The molecule has 0 aliphatic carbocycles. The molecule has 0 fully saturated rings. The van der Waals surface area contributed by atoms with Gasteiger partial charge in [-0.25, -0.2) is 10.2 Å². The summed E-state index contributed by atoms with van der Waals surface area (Å²) in [4.78, 5) is 24.9. The first-order valence-corrected chi connectivity index (χ1v) is 12.2. The molecule has 11 heteroatoms. The SMILES string of the molecule is CCOc1cc(/C=N/NC(=O)COc2ccc(Br)cc2)ccc1OC(=O)c1cc(OC)c(OC)c(OC)c1. The van der Waals surface area contributed by atoms with Crippen molar-refractivity contribution in [2.75, 3.05) is 34.5 Å². The number of halogens is 1. The molecule has 0 saturated carbocycles. The molecule has 38 heavy (non-hydrogen) atoms. The summed E-state index contributed by atoms with van der Waals surface area (Å²) in [5.74, 6) is 1.01. The second kappa shape index (κ2) is 13.9. The van der Waals surface area contributed by atoms with Crippen LogP contribution in [0.5, 0.6) is 34.5 Å². The Balaban J connectivity index is 1.67. The zero-order chi connectivity index (χ0) is 27.5. The van der Waals surface area contributed by atoms with Gasteiger partial charge in [0.25, 0.3) is 5.91 Å². The van der Waals surface area contributed by atoms with Crippen LogP contribution in [0.25, 0.3) is 0 Å². The fraction of sp³-hybridized carbons (Fsp3) is 0.222. The molecule has 0 atom stereocenters. The molecule has 1 N–H and O–H groups in total. The van der Waals surface area contributed by atoms with Gasteiger partial charge in [-0.15, -0.1) is 0 Å². The minimum atomic E-state index is -0.648. The van der Waals surface area contributed by atoms with Gasteiger partial charge in [-0.1, -0.05) is 15.9 Å². The minimum Gasteiger partial charge on any atom is -0.493 e. The van der Waals surface area contributed by atoms with E-state index in [9.17, 15) is 9.59 Å². The highest BCUT2D eigenvalue weighted by molar-refractivity contribution is 9.10. The third kappa shape index (κ3) is 7.62. The van der Waals surface area contributed by atoms with Crippen molar-refractivity contribution >= 4 is 34.0 Å². The third-order valence-corrected chi connectivity index (χ3v) is 5.49. The molecule has 0 aliphatic rings. The van der Waals surface area contributed by atoms with E-state index in [1.54, 1.807) is 37.3 Å². The predicted molar refractivity (Wildman–Crippen MR) is 144 cm³/mol. The number of rotatable bonds is 12. The Hall–Kier alpha value is -4.25. The fourth-order valence-electron chi connectivity index (χ4n) is 3.21. The number of esters is 1. The molecule has 3 aromatic carbocycles. The fourth-order valence-corrected chi connectivity index (χ4v) is 3.47. The number of hydrogen-bond acceptors (Lipinski definition) is 9. The van der Waals surface area contributed by atoms with Gasteiger partial charge in [0.2, 0.25) is 5.75 Å². The molecule has 200 valence electrons. The number of benzene rings is 3. The van der Waals surface area contributed by atoms with Crippen LogP contribution in [0.1, 0.15) is 22.8 Å². The van der Waals surface area contributed by atoms with Crippen molar-refractivity contribution in [2.24, 2.45) is 5.10 Å². The van der Waals surface area contributed by atoms with Crippen molar-refractivity contribution in [2.45, 2.75) is 6.92 Å². The topological polar surface area (TPSA) is 114 Å². The maximum Gasteiger partial charge on any atom is 0.343 e. The number of nitrogens with zero attached hydrogens (tertiary/aromatic N) is 1. The van der Waals surface area contributed by atoms with Crippen LogP contribution < -0.4 is 33.8 Å². The maximum absolute atomic E-state index is 12.9. The molecule has 1 amide bonds. The molecule has 3 rings (SSSR count). The summed E-state index contributed by atoms with van der Waals surface area (Å²) in [5.41, 5.74) is 3.20. The second-order valence-corrected chi connectivity index (χ2v) is 8.39. The van der Waals surface area contributed by atoms with E-state index >= 15 is 0 Å². The number of nitrogens with one attached hydrogen (secondary N) is 1. The van der Waals surface area contributed by atoms with E-state index in [-0.39, 0.29) is 17.9 Å². The van der Waals surface area contributed by atoms with Crippen molar-refractivity contribution in [3.63, 3.8) is 0 Å². The Morgan fingerprint density at radius 3 is 2.16 bits per heavy atom. The average molecular weight is 587 g/mol. The molecular formula is C27H27BrN2O8. The Morgan fingerprint density at radius 1 is 0.868 bits per heavy atom. The lowest BCUT2D eigenvalue weighted by molar-refractivity contribution is -0.123. The lowest BCUT2D eigenvalue weighted by atomic mass is 10.1. The van der Waals surface area contributed by atoms with Crippen molar-refractivity contribution in [1.82, 2.24) is 5.43 Å². The first-order valence-electron chi connectivity index (χ1n) is 11.4. The largest absolute Gasteiger partial charge is 0.493 e. The first kappa shape index (κ1) is 28.3. The van der Waals surface area contributed by atoms with Crippen LogP contribution in [0.2, 0.25) is 0 Å². The molecular weight excluding hydrogens is 560 g/mol. The Labute approximate surface area is 228 Å². The molecule has 0 radical (unpaired) electrons. The monoisotopic (exact) mass is 586 g/mol. The summed E-state index contributed by atoms with van der Waals surface area (Å²) in [6, 6.07) is 15.0. The highest BCUT2D eigenvalue weighted by Crippen LogP contribution is 2.39. The smallest absolute Gasteiger partial charge is 0.343 e. The number of carbonyl (C=O) groups is 2. The molecule has 3 aromatic rings. The first-order chi connectivity index (χ1) is 18.4. The van der Waals surface area contributed by atoms with Gasteiger partial charge in [0.1, 0.15) is 5.75 Å².